The van der Waals surface area contributed by atoms with Crippen molar-refractivity contribution in [1.29, 1.82) is 0 Å². The Labute approximate surface area is 227 Å². The van der Waals surface area contributed by atoms with E-state index in [1.807, 2.05) is 0 Å². The van der Waals surface area contributed by atoms with E-state index in [0.29, 0.717) is 65.0 Å². The van der Waals surface area contributed by atoms with Crippen molar-refractivity contribution in [2.75, 3.05) is 70.9 Å². The predicted molar refractivity (Wildman–Crippen MR) is 146 cm³/mol. The Bertz CT molecular complexity index is 635. The number of hydrogen-bond donors (Lipinski definition) is 3. The van der Waals surface area contributed by atoms with Crippen LogP contribution < -0.4 is 10.6 Å². The zero-order chi connectivity index (χ0) is 28.2. The molecule has 0 spiro atoms. The molecule has 218 valence electrons. The summed E-state index contributed by atoms with van der Waals surface area (Å²) >= 11 is 1.52. The van der Waals surface area contributed by atoms with Crippen LogP contribution in [0.4, 0.5) is 0 Å². The van der Waals surface area contributed by atoms with E-state index in [1.165, 1.54) is 11.8 Å². The van der Waals surface area contributed by atoms with Gasteiger partial charge in [0.05, 0.1) is 52.9 Å². The molecule has 0 fully saturated rings. The summed E-state index contributed by atoms with van der Waals surface area (Å²) in [5.74, 6) is -0.186. The standard InChI is InChI=1S/C26H50N2O8S/c1-25(2,3)9-7-22(29)27-10-12-34-14-16-36-18-17-35-15-13-33-11-8-23(30)28-21(24(31)32)19-37-20-26(4,5)6/h21H,7-20H2,1-6H3,(H,27,29)(H,28,30)(H,31,32)/t21-/m1/s1. The Balaban J connectivity index is 3.53. The third-order valence-corrected chi connectivity index (χ3v) is 6.35. The molecule has 0 aromatic heterocycles. The number of aliphatic carboxylic acids is 1. The van der Waals surface area contributed by atoms with E-state index < -0.39 is 12.0 Å². The van der Waals surface area contributed by atoms with E-state index in [0.717, 1.165) is 12.2 Å². The first kappa shape index (κ1) is 35.6. The quantitative estimate of drug-likeness (QED) is 0.174. The highest BCUT2D eigenvalue weighted by molar-refractivity contribution is 7.99. The summed E-state index contributed by atoms with van der Waals surface area (Å²) in [5, 5.41) is 14.7. The molecule has 0 saturated carbocycles. The van der Waals surface area contributed by atoms with Crippen LogP contribution in [0.5, 0.6) is 0 Å². The van der Waals surface area contributed by atoms with Crippen LogP contribution >= 0.6 is 11.8 Å². The van der Waals surface area contributed by atoms with Gasteiger partial charge in [-0.15, -0.1) is 0 Å². The lowest BCUT2D eigenvalue weighted by atomic mass is 9.90. The van der Waals surface area contributed by atoms with E-state index in [1.54, 1.807) is 0 Å². The first-order chi connectivity index (χ1) is 17.3. The summed E-state index contributed by atoms with van der Waals surface area (Å²) < 4.78 is 21.6. The molecule has 10 nitrogen and oxygen atoms in total. The second kappa shape index (κ2) is 20.5. The second-order valence-corrected chi connectivity index (χ2v) is 12.2. The summed E-state index contributed by atoms with van der Waals surface area (Å²) in [4.78, 5) is 35.0. The van der Waals surface area contributed by atoms with Gasteiger partial charge in [-0.25, -0.2) is 4.79 Å². The van der Waals surface area contributed by atoms with Crippen molar-refractivity contribution >= 4 is 29.5 Å². The number of thioether (sulfide) groups is 1. The molecule has 0 aliphatic carbocycles. The van der Waals surface area contributed by atoms with Crippen LogP contribution in [0.25, 0.3) is 0 Å². The predicted octanol–water partition coefficient (Wildman–Crippen LogP) is 2.73. The van der Waals surface area contributed by atoms with E-state index in [-0.39, 0.29) is 35.7 Å². The molecular weight excluding hydrogens is 500 g/mol. The number of carbonyl (C=O) groups excluding carboxylic acids is 2. The van der Waals surface area contributed by atoms with Crippen molar-refractivity contribution in [3.05, 3.63) is 0 Å². The van der Waals surface area contributed by atoms with Crippen molar-refractivity contribution in [3.63, 3.8) is 0 Å². The zero-order valence-corrected chi connectivity index (χ0v) is 24.5. The summed E-state index contributed by atoms with van der Waals surface area (Å²) in [6.45, 7) is 16.2. The SMILES string of the molecule is CC(C)(C)CCC(=O)NCCOCCOCCOCCOCCC(=O)N[C@H](CSCC(C)(C)C)C(=O)O. The highest BCUT2D eigenvalue weighted by atomic mass is 32.2. The van der Waals surface area contributed by atoms with Crippen molar-refractivity contribution in [1.82, 2.24) is 10.6 Å². The molecule has 0 saturated heterocycles. The average Bonchev–Trinajstić information content (AvgIpc) is 2.78. The molecular formula is C26H50N2O8S. The van der Waals surface area contributed by atoms with E-state index >= 15 is 0 Å². The van der Waals surface area contributed by atoms with Gasteiger partial charge in [0, 0.05) is 25.1 Å². The van der Waals surface area contributed by atoms with Crippen LogP contribution in [-0.4, -0.2) is 99.8 Å². The van der Waals surface area contributed by atoms with Crippen LogP contribution in [0, 0.1) is 10.8 Å². The Morgan fingerprint density at radius 1 is 0.730 bits per heavy atom. The number of nitrogens with one attached hydrogen (secondary N) is 2. The molecule has 0 aliphatic heterocycles. The van der Waals surface area contributed by atoms with Crippen molar-refractivity contribution in [2.45, 2.75) is 66.8 Å². The lowest BCUT2D eigenvalue weighted by Gasteiger charge is -2.19. The first-order valence-corrected chi connectivity index (χ1v) is 14.1. The Kier molecular flexibility index (Phi) is 19.8. The van der Waals surface area contributed by atoms with E-state index in [4.69, 9.17) is 18.9 Å². The third kappa shape index (κ3) is 26.0. The number of rotatable bonds is 22. The molecule has 2 amide bonds. The van der Waals surface area contributed by atoms with Gasteiger partial charge in [-0.1, -0.05) is 41.5 Å². The van der Waals surface area contributed by atoms with Gasteiger partial charge in [0.2, 0.25) is 11.8 Å². The smallest absolute Gasteiger partial charge is 0.327 e. The van der Waals surface area contributed by atoms with Crippen LogP contribution in [0.1, 0.15) is 60.8 Å². The van der Waals surface area contributed by atoms with E-state index in [9.17, 15) is 19.5 Å². The van der Waals surface area contributed by atoms with E-state index in [2.05, 4.69) is 52.2 Å². The molecule has 0 aromatic rings. The average molecular weight is 551 g/mol. The minimum absolute atomic E-state index is 0.0484. The number of carbonyl (C=O) groups is 3. The molecule has 0 aliphatic rings. The van der Waals surface area contributed by atoms with Gasteiger partial charge in [-0.3, -0.25) is 9.59 Å². The molecule has 0 aromatic carbocycles. The molecule has 1 atom stereocenters. The minimum atomic E-state index is -1.03. The number of carboxylic acids is 1. The van der Waals surface area contributed by atoms with Gasteiger partial charge in [0.25, 0.3) is 0 Å². The van der Waals surface area contributed by atoms with Crippen LogP contribution in [0.15, 0.2) is 0 Å². The number of amides is 2. The number of hydrogen-bond acceptors (Lipinski definition) is 8. The Morgan fingerprint density at radius 2 is 1.24 bits per heavy atom. The molecule has 0 bridgehead atoms. The fourth-order valence-corrected chi connectivity index (χ4v) is 3.88. The maximum atomic E-state index is 12.0. The lowest BCUT2D eigenvalue weighted by Crippen LogP contribution is -2.43. The molecule has 0 heterocycles. The molecule has 0 rings (SSSR count). The van der Waals surface area contributed by atoms with Gasteiger partial charge in [-0.05, 0) is 23.0 Å². The molecule has 11 heteroatoms. The van der Waals surface area contributed by atoms with Crippen LogP contribution in [0.2, 0.25) is 0 Å². The minimum Gasteiger partial charge on any atom is -0.480 e. The topological polar surface area (TPSA) is 132 Å². The maximum Gasteiger partial charge on any atom is 0.327 e. The summed E-state index contributed by atoms with van der Waals surface area (Å²) in [6.07, 6.45) is 1.47. The monoisotopic (exact) mass is 550 g/mol. The summed E-state index contributed by atoms with van der Waals surface area (Å²) in [7, 11) is 0. The zero-order valence-electron chi connectivity index (χ0n) is 23.7. The molecule has 0 unspecified atom stereocenters. The summed E-state index contributed by atoms with van der Waals surface area (Å²) in [5.41, 5.74) is 0.251. The summed E-state index contributed by atoms with van der Waals surface area (Å²) in [6, 6.07) is -0.905. The molecule has 3 N–H and O–H groups in total. The normalized spacial score (nSPS) is 12.8. The second-order valence-electron chi connectivity index (χ2n) is 11.1. The Hall–Kier alpha value is -1.40. The molecule has 0 radical (unpaired) electrons. The van der Waals surface area contributed by atoms with Gasteiger partial charge >= 0.3 is 5.97 Å². The van der Waals surface area contributed by atoms with Gasteiger partial charge in [0.1, 0.15) is 6.04 Å². The van der Waals surface area contributed by atoms with Gasteiger partial charge < -0.3 is 34.7 Å². The van der Waals surface area contributed by atoms with Crippen LogP contribution in [-0.2, 0) is 33.3 Å². The highest BCUT2D eigenvalue weighted by Crippen LogP contribution is 2.21. The molecule has 37 heavy (non-hydrogen) atoms. The van der Waals surface area contributed by atoms with Gasteiger partial charge in [0.15, 0.2) is 0 Å². The third-order valence-electron chi connectivity index (χ3n) is 4.71. The number of ether oxygens (including phenoxy) is 4. The highest BCUT2D eigenvalue weighted by Gasteiger charge is 2.21. The maximum absolute atomic E-state index is 12.0. The van der Waals surface area contributed by atoms with Gasteiger partial charge in [-0.2, -0.15) is 11.8 Å². The largest absolute Gasteiger partial charge is 0.480 e. The first-order valence-electron chi connectivity index (χ1n) is 13.0. The Morgan fingerprint density at radius 3 is 1.73 bits per heavy atom. The van der Waals surface area contributed by atoms with Crippen LogP contribution in [0.3, 0.4) is 0 Å². The fourth-order valence-electron chi connectivity index (χ4n) is 2.69. The number of carboxylic acid groups (broad SMARTS) is 1. The van der Waals surface area contributed by atoms with Crippen molar-refractivity contribution in [2.24, 2.45) is 10.8 Å². The van der Waals surface area contributed by atoms with Crippen molar-refractivity contribution in [3.8, 4) is 0 Å². The fraction of sp³-hybridized carbons (Fsp3) is 0.885. The van der Waals surface area contributed by atoms with Crippen molar-refractivity contribution < 1.29 is 38.4 Å². The lowest BCUT2D eigenvalue weighted by molar-refractivity contribution is -0.141.